The number of nitrogens with one attached hydrogen (secondary N) is 1. The molecule has 0 saturated carbocycles. The lowest BCUT2D eigenvalue weighted by molar-refractivity contribution is -0.121. The third-order valence-electron chi connectivity index (χ3n) is 4.17. The van der Waals surface area contributed by atoms with Crippen LogP contribution in [0.2, 0.25) is 0 Å². The summed E-state index contributed by atoms with van der Waals surface area (Å²) in [6.07, 6.45) is 1.93. The van der Waals surface area contributed by atoms with Gasteiger partial charge in [-0.2, -0.15) is 4.31 Å². The Kier molecular flexibility index (Phi) is 6.86. The van der Waals surface area contributed by atoms with Gasteiger partial charge >= 0.3 is 0 Å². The number of thioether (sulfide) groups is 1. The molecular formula is C19H24N2O3S2. The molecule has 1 N–H and O–H groups in total. The molecule has 0 spiro atoms. The van der Waals surface area contributed by atoms with E-state index in [0.717, 1.165) is 20.3 Å². The summed E-state index contributed by atoms with van der Waals surface area (Å²) in [6, 6.07) is 14.2. The van der Waals surface area contributed by atoms with Crippen molar-refractivity contribution in [2.24, 2.45) is 0 Å². The molecule has 0 saturated heterocycles. The second kappa shape index (κ2) is 8.70. The second-order valence-corrected chi connectivity index (χ2v) is 9.01. The molecule has 0 aliphatic carbocycles. The molecule has 2 aromatic rings. The average Bonchev–Trinajstić information content (AvgIpc) is 2.61. The van der Waals surface area contributed by atoms with E-state index in [2.05, 4.69) is 5.32 Å². The zero-order valence-corrected chi connectivity index (χ0v) is 17.0. The van der Waals surface area contributed by atoms with Gasteiger partial charge < -0.3 is 5.32 Å². The lowest BCUT2D eigenvalue weighted by Crippen LogP contribution is -2.39. The Morgan fingerprint density at radius 3 is 2.35 bits per heavy atom. The van der Waals surface area contributed by atoms with Gasteiger partial charge in [0.2, 0.25) is 15.9 Å². The highest BCUT2D eigenvalue weighted by atomic mass is 32.2. The fraction of sp³-hybridized carbons (Fsp3) is 0.316. The fourth-order valence-electron chi connectivity index (χ4n) is 2.65. The standard InChI is InChI=1S/C19H24N2O3S2/c1-14-7-5-6-8-18(14)15(2)20-19(22)13-21(3)26(23,24)17-11-9-16(25-4)10-12-17/h5-12,15H,13H2,1-4H3,(H,20,22). The molecule has 26 heavy (non-hydrogen) atoms. The van der Waals surface area contributed by atoms with Crippen molar-refractivity contribution in [1.29, 1.82) is 0 Å². The van der Waals surface area contributed by atoms with Crippen LogP contribution in [0, 0.1) is 6.92 Å². The van der Waals surface area contributed by atoms with Crippen molar-refractivity contribution in [3.63, 3.8) is 0 Å². The van der Waals surface area contributed by atoms with E-state index in [9.17, 15) is 13.2 Å². The molecule has 1 amide bonds. The van der Waals surface area contributed by atoms with E-state index in [-0.39, 0.29) is 23.4 Å². The van der Waals surface area contributed by atoms with Crippen LogP contribution in [0.15, 0.2) is 58.3 Å². The van der Waals surface area contributed by atoms with Crippen LogP contribution in [0.4, 0.5) is 0 Å². The Morgan fingerprint density at radius 1 is 1.15 bits per heavy atom. The molecule has 0 aliphatic rings. The number of likely N-dealkylation sites (N-methyl/N-ethyl adjacent to an activating group) is 1. The highest BCUT2D eigenvalue weighted by Gasteiger charge is 2.23. The predicted molar refractivity (Wildman–Crippen MR) is 106 cm³/mol. The number of carbonyl (C=O) groups excluding carboxylic acids is 1. The topological polar surface area (TPSA) is 66.5 Å². The smallest absolute Gasteiger partial charge is 0.243 e. The number of rotatable bonds is 7. The Labute approximate surface area is 159 Å². The van der Waals surface area contributed by atoms with E-state index in [1.54, 1.807) is 36.0 Å². The van der Waals surface area contributed by atoms with Crippen LogP contribution < -0.4 is 5.32 Å². The predicted octanol–water partition coefficient (Wildman–Crippen LogP) is 3.21. The van der Waals surface area contributed by atoms with Crippen LogP contribution in [-0.2, 0) is 14.8 Å². The average molecular weight is 393 g/mol. The van der Waals surface area contributed by atoms with Crippen LogP contribution in [0.1, 0.15) is 24.1 Å². The van der Waals surface area contributed by atoms with Crippen LogP contribution in [-0.4, -0.2) is 38.5 Å². The maximum atomic E-state index is 12.6. The molecule has 0 aromatic heterocycles. The summed E-state index contributed by atoms with van der Waals surface area (Å²) in [7, 11) is -2.29. The second-order valence-electron chi connectivity index (χ2n) is 6.08. The van der Waals surface area contributed by atoms with Crippen molar-refractivity contribution in [2.75, 3.05) is 19.8 Å². The van der Waals surface area contributed by atoms with Crippen LogP contribution in [0.5, 0.6) is 0 Å². The maximum Gasteiger partial charge on any atom is 0.243 e. The largest absolute Gasteiger partial charge is 0.348 e. The molecule has 1 unspecified atom stereocenters. The summed E-state index contributed by atoms with van der Waals surface area (Å²) in [5, 5.41) is 2.86. The molecule has 0 fully saturated rings. The molecule has 2 aromatic carbocycles. The number of amides is 1. The van der Waals surface area contributed by atoms with Gasteiger partial charge in [0.25, 0.3) is 0 Å². The van der Waals surface area contributed by atoms with E-state index in [1.807, 2.05) is 44.4 Å². The third kappa shape index (κ3) is 4.87. The molecule has 0 radical (unpaired) electrons. The summed E-state index contributed by atoms with van der Waals surface area (Å²) in [5.41, 5.74) is 2.09. The van der Waals surface area contributed by atoms with Crippen LogP contribution in [0.25, 0.3) is 0 Å². The first kappa shape index (κ1) is 20.5. The van der Waals surface area contributed by atoms with E-state index < -0.39 is 10.0 Å². The number of sulfonamides is 1. The van der Waals surface area contributed by atoms with Crippen molar-refractivity contribution in [3.05, 3.63) is 59.7 Å². The first-order valence-electron chi connectivity index (χ1n) is 8.21. The van der Waals surface area contributed by atoms with Crippen LogP contribution in [0.3, 0.4) is 0 Å². The molecule has 2 rings (SSSR count). The van der Waals surface area contributed by atoms with E-state index >= 15 is 0 Å². The number of carbonyl (C=O) groups is 1. The summed E-state index contributed by atoms with van der Waals surface area (Å²) in [5.74, 6) is -0.340. The molecule has 7 heteroatoms. The minimum absolute atomic E-state index is 0.178. The van der Waals surface area contributed by atoms with Gasteiger partial charge in [0.15, 0.2) is 0 Å². The van der Waals surface area contributed by atoms with Gasteiger partial charge in [-0.3, -0.25) is 4.79 Å². The van der Waals surface area contributed by atoms with Gasteiger partial charge in [-0.1, -0.05) is 24.3 Å². The van der Waals surface area contributed by atoms with Crippen LogP contribution >= 0.6 is 11.8 Å². The monoisotopic (exact) mass is 392 g/mol. The van der Waals surface area contributed by atoms with Crippen molar-refractivity contribution < 1.29 is 13.2 Å². The summed E-state index contributed by atoms with van der Waals surface area (Å²) >= 11 is 1.54. The molecule has 0 aliphatic heterocycles. The molecule has 5 nitrogen and oxygen atoms in total. The van der Waals surface area contributed by atoms with Gasteiger partial charge in [-0.15, -0.1) is 11.8 Å². The van der Waals surface area contributed by atoms with Gasteiger partial charge in [-0.05, 0) is 55.5 Å². The zero-order valence-electron chi connectivity index (χ0n) is 15.4. The van der Waals surface area contributed by atoms with E-state index in [1.165, 1.54) is 7.05 Å². The highest BCUT2D eigenvalue weighted by molar-refractivity contribution is 7.98. The normalized spacial score (nSPS) is 12.8. The first-order chi connectivity index (χ1) is 12.3. The van der Waals surface area contributed by atoms with E-state index in [0.29, 0.717) is 0 Å². The maximum absolute atomic E-state index is 12.6. The molecular weight excluding hydrogens is 368 g/mol. The fourth-order valence-corrected chi connectivity index (χ4v) is 4.19. The Hall–Kier alpha value is -1.83. The highest BCUT2D eigenvalue weighted by Crippen LogP contribution is 2.20. The van der Waals surface area contributed by atoms with E-state index in [4.69, 9.17) is 0 Å². The van der Waals surface area contributed by atoms with Gasteiger partial charge in [0.1, 0.15) is 0 Å². The number of hydrogen-bond donors (Lipinski definition) is 1. The number of aryl methyl sites for hydroxylation is 1. The summed E-state index contributed by atoms with van der Waals surface area (Å²) in [6.45, 7) is 3.63. The van der Waals surface area contributed by atoms with Crippen molar-refractivity contribution >= 4 is 27.7 Å². The molecule has 0 bridgehead atoms. The SMILES string of the molecule is CSc1ccc(S(=O)(=O)N(C)CC(=O)NC(C)c2ccccc2C)cc1. The van der Waals surface area contributed by atoms with Gasteiger partial charge in [0.05, 0.1) is 17.5 Å². The first-order valence-corrected chi connectivity index (χ1v) is 10.9. The van der Waals surface area contributed by atoms with Crippen molar-refractivity contribution in [2.45, 2.75) is 29.7 Å². The van der Waals surface area contributed by atoms with Gasteiger partial charge in [-0.25, -0.2) is 8.42 Å². The number of hydrogen-bond acceptors (Lipinski definition) is 4. The Bertz CT molecular complexity index is 865. The van der Waals surface area contributed by atoms with Crippen molar-refractivity contribution in [3.8, 4) is 0 Å². The summed E-state index contributed by atoms with van der Waals surface area (Å²) < 4.78 is 26.3. The number of benzene rings is 2. The molecule has 1 atom stereocenters. The molecule has 140 valence electrons. The zero-order chi connectivity index (χ0) is 19.3. The minimum Gasteiger partial charge on any atom is -0.348 e. The Morgan fingerprint density at radius 2 is 1.77 bits per heavy atom. The summed E-state index contributed by atoms with van der Waals surface area (Å²) in [4.78, 5) is 13.5. The lowest BCUT2D eigenvalue weighted by Gasteiger charge is -2.20. The third-order valence-corrected chi connectivity index (χ3v) is 6.73. The molecule has 0 heterocycles. The lowest BCUT2D eigenvalue weighted by atomic mass is 10.0. The Balaban J connectivity index is 2.04. The minimum atomic E-state index is -3.70. The van der Waals surface area contributed by atoms with Crippen molar-refractivity contribution in [1.82, 2.24) is 9.62 Å². The number of nitrogens with zero attached hydrogens (tertiary/aromatic N) is 1. The van der Waals surface area contributed by atoms with Gasteiger partial charge in [0, 0.05) is 11.9 Å². The quantitative estimate of drug-likeness (QED) is 0.735.